The van der Waals surface area contributed by atoms with Crippen molar-refractivity contribution in [3.63, 3.8) is 0 Å². The average molecular weight is 224 g/mol. The zero-order chi connectivity index (χ0) is 11.5. The van der Waals surface area contributed by atoms with Gasteiger partial charge in [0.2, 0.25) is 5.91 Å². The van der Waals surface area contributed by atoms with Crippen molar-refractivity contribution in [2.45, 2.75) is 38.6 Å². The molecule has 4 nitrogen and oxygen atoms in total. The zero-order valence-corrected chi connectivity index (χ0v) is 9.87. The van der Waals surface area contributed by atoms with Crippen molar-refractivity contribution >= 4 is 11.7 Å². The Hall–Kier alpha value is -0.900. The van der Waals surface area contributed by atoms with Crippen LogP contribution in [-0.4, -0.2) is 42.3 Å². The number of carbonyl (C=O) groups excluding carboxylic acids is 2. The van der Waals surface area contributed by atoms with Gasteiger partial charge in [-0.1, -0.05) is 0 Å². The Morgan fingerprint density at radius 1 is 1.25 bits per heavy atom. The number of nitrogens with zero attached hydrogens (tertiary/aromatic N) is 1. The van der Waals surface area contributed by atoms with Gasteiger partial charge >= 0.3 is 0 Å². The third-order valence-electron chi connectivity index (χ3n) is 3.65. The smallest absolute Gasteiger partial charge is 0.227 e. The molecule has 0 aromatic rings. The van der Waals surface area contributed by atoms with E-state index in [0.29, 0.717) is 0 Å². The number of hydrogen-bond donors (Lipinski definition) is 1. The number of rotatable bonds is 2. The van der Waals surface area contributed by atoms with E-state index in [1.165, 1.54) is 0 Å². The largest absolute Gasteiger partial charge is 0.332 e. The number of hydrogen-bond acceptors (Lipinski definition) is 3. The summed E-state index contributed by atoms with van der Waals surface area (Å²) in [5, 5.41) is 3.25. The Kier molecular flexibility index (Phi) is 3.59. The molecule has 2 heterocycles. The number of Topliss-reactive ketones (excluding diaryl/α,β-unsaturated/α-hetero) is 1. The Bertz CT molecular complexity index is 285. The minimum absolute atomic E-state index is 0.0914. The highest BCUT2D eigenvalue weighted by Gasteiger charge is 2.35. The standard InChI is InChI=1S/C12H20N2O2/c1-9(15)11-5-3-7-14(11)12(16)10-4-2-6-13-8-10/h10-11,13H,2-8H2,1H3/t10?,11-/m1/s1. The lowest BCUT2D eigenvalue weighted by atomic mass is 9.97. The minimum Gasteiger partial charge on any atom is -0.332 e. The first kappa shape index (κ1) is 11.6. The Labute approximate surface area is 96.4 Å². The van der Waals surface area contributed by atoms with E-state index in [9.17, 15) is 9.59 Å². The summed E-state index contributed by atoms with van der Waals surface area (Å²) < 4.78 is 0. The van der Waals surface area contributed by atoms with E-state index in [0.717, 1.165) is 45.3 Å². The van der Waals surface area contributed by atoms with E-state index in [1.54, 1.807) is 11.8 Å². The van der Waals surface area contributed by atoms with Crippen LogP contribution in [0, 0.1) is 5.92 Å². The third kappa shape index (κ3) is 2.26. The van der Waals surface area contributed by atoms with Crippen LogP contribution in [0.1, 0.15) is 32.6 Å². The molecule has 2 fully saturated rings. The molecule has 1 N–H and O–H groups in total. The number of amides is 1. The molecule has 2 saturated heterocycles. The highest BCUT2D eigenvalue weighted by atomic mass is 16.2. The van der Waals surface area contributed by atoms with Gasteiger partial charge in [-0.15, -0.1) is 0 Å². The van der Waals surface area contributed by atoms with E-state index in [2.05, 4.69) is 5.32 Å². The fraction of sp³-hybridized carbons (Fsp3) is 0.833. The van der Waals surface area contributed by atoms with Crippen LogP contribution in [0.3, 0.4) is 0 Å². The molecule has 0 aromatic heterocycles. The van der Waals surface area contributed by atoms with Crippen molar-refractivity contribution in [2.75, 3.05) is 19.6 Å². The molecule has 1 amide bonds. The van der Waals surface area contributed by atoms with Crippen molar-refractivity contribution in [3.05, 3.63) is 0 Å². The molecule has 16 heavy (non-hydrogen) atoms. The van der Waals surface area contributed by atoms with E-state index in [-0.39, 0.29) is 23.7 Å². The van der Waals surface area contributed by atoms with Crippen molar-refractivity contribution in [3.8, 4) is 0 Å². The van der Waals surface area contributed by atoms with Crippen molar-refractivity contribution in [1.82, 2.24) is 10.2 Å². The van der Waals surface area contributed by atoms with Crippen molar-refractivity contribution in [1.29, 1.82) is 0 Å². The second-order valence-corrected chi connectivity index (χ2v) is 4.84. The lowest BCUT2D eigenvalue weighted by Crippen LogP contribution is -2.46. The predicted molar refractivity (Wildman–Crippen MR) is 61.0 cm³/mol. The highest BCUT2D eigenvalue weighted by Crippen LogP contribution is 2.22. The summed E-state index contributed by atoms with van der Waals surface area (Å²) in [7, 11) is 0. The Morgan fingerprint density at radius 2 is 2.06 bits per heavy atom. The zero-order valence-electron chi connectivity index (χ0n) is 9.87. The summed E-state index contributed by atoms with van der Waals surface area (Å²) in [6.45, 7) is 4.15. The molecule has 0 aromatic carbocycles. The normalized spacial score (nSPS) is 30.4. The molecular formula is C12H20N2O2. The number of ketones is 1. The quantitative estimate of drug-likeness (QED) is 0.746. The molecule has 0 aliphatic carbocycles. The molecule has 2 rings (SSSR count). The molecule has 4 heteroatoms. The van der Waals surface area contributed by atoms with Crippen LogP contribution in [0.15, 0.2) is 0 Å². The fourth-order valence-corrected chi connectivity index (χ4v) is 2.75. The Morgan fingerprint density at radius 3 is 2.69 bits per heavy atom. The van der Waals surface area contributed by atoms with Crippen LogP contribution in [0.2, 0.25) is 0 Å². The summed E-state index contributed by atoms with van der Waals surface area (Å²) in [6.07, 6.45) is 3.85. The summed E-state index contributed by atoms with van der Waals surface area (Å²) in [5.74, 6) is 0.410. The lowest BCUT2D eigenvalue weighted by Gasteiger charge is -2.29. The second kappa shape index (κ2) is 4.95. The summed E-state index contributed by atoms with van der Waals surface area (Å²) in [6, 6.07) is -0.144. The highest BCUT2D eigenvalue weighted by molar-refractivity contribution is 5.89. The van der Waals surface area contributed by atoms with Gasteiger partial charge in [0.1, 0.15) is 0 Å². The van der Waals surface area contributed by atoms with Gasteiger partial charge in [0, 0.05) is 13.1 Å². The van der Waals surface area contributed by atoms with Gasteiger partial charge in [-0.05, 0) is 39.2 Å². The molecule has 2 atom stereocenters. The van der Waals surface area contributed by atoms with E-state index < -0.39 is 0 Å². The van der Waals surface area contributed by atoms with Gasteiger partial charge in [-0.25, -0.2) is 0 Å². The van der Waals surface area contributed by atoms with E-state index in [1.807, 2.05) is 0 Å². The van der Waals surface area contributed by atoms with Gasteiger partial charge in [-0.3, -0.25) is 9.59 Å². The van der Waals surface area contributed by atoms with Gasteiger partial charge in [-0.2, -0.15) is 0 Å². The number of carbonyl (C=O) groups is 2. The maximum absolute atomic E-state index is 12.2. The van der Waals surface area contributed by atoms with Crippen molar-refractivity contribution < 1.29 is 9.59 Å². The van der Waals surface area contributed by atoms with Crippen LogP contribution in [0.25, 0.3) is 0 Å². The Balaban J connectivity index is 1.99. The molecule has 0 spiro atoms. The first-order chi connectivity index (χ1) is 7.70. The monoisotopic (exact) mass is 224 g/mol. The SMILES string of the molecule is CC(=O)[C@H]1CCCN1C(=O)C1CCCNC1. The molecular weight excluding hydrogens is 204 g/mol. The first-order valence-electron chi connectivity index (χ1n) is 6.22. The minimum atomic E-state index is -0.144. The van der Waals surface area contributed by atoms with Crippen LogP contribution in [0.5, 0.6) is 0 Å². The van der Waals surface area contributed by atoms with Gasteiger partial charge in [0.05, 0.1) is 12.0 Å². The number of likely N-dealkylation sites (tertiary alicyclic amines) is 1. The van der Waals surface area contributed by atoms with Crippen LogP contribution < -0.4 is 5.32 Å². The van der Waals surface area contributed by atoms with Crippen LogP contribution in [0.4, 0.5) is 0 Å². The molecule has 0 radical (unpaired) electrons. The molecule has 0 saturated carbocycles. The first-order valence-corrected chi connectivity index (χ1v) is 6.22. The fourth-order valence-electron chi connectivity index (χ4n) is 2.75. The van der Waals surface area contributed by atoms with Crippen LogP contribution >= 0.6 is 0 Å². The molecule has 2 aliphatic heterocycles. The van der Waals surface area contributed by atoms with E-state index >= 15 is 0 Å². The van der Waals surface area contributed by atoms with E-state index in [4.69, 9.17) is 0 Å². The molecule has 1 unspecified atom stereocenters. The predicted octanol–water partition coefficient (Wildman–Crippen LogP) is 0.566. The second-order valence-electron chi connectivity index (χ2n) is 4.84. The summed E-state index contributed by atoms with van der Waals surface area (Å²) in [5.41, 5.74) is 0. The molecule has 2 aliphatic rings. The van der Waals surface area contributed by atoms with Gasteiger partial charge in [0.25, 0.3) is 0 Å². The topological polar surface area (TPSA) is 49.4 Å². The summed E-state index contributed by atoms with van der Waals surface area (Å²) >= 11 is 0. The van der Waals surface area contributed by atoms with Crippen molar-refractivity contribution in [2.24, 2.45) is 5.92 Å². The van der Waals surface area contributed by atoms with Gasteiger partial charge in [0.15, 0.2) is 5.78 Å². The van der Waals surface area contributed by atoms with Gasteiger partial charge < -0.3 is 10.2 Å². The average Bonchev–Trinajstić information content (AvgIpc) is 2.78. The molecule has 0 bridgehead atoms. The van der Waals surface area contributed by atoms with Crippen LogP contribution in [-0.2, 0) is 9.59 Å². The third-order valence-corrected chi connectivity index (χ3v) is 3.65. The summed E-state index contributed by atoms with van der Waals surface area (Å²) in [4.78, 5) is 25.5. The number of piperidine rings is 1. The maximum Gasteiger partial charge on any atom is 0.227 e. The molecule has 90 valence electrons. The maximum atomic E-state index is 12.2. The lowest BCUT2D eigenvalue weighted by molar-refractivity contribution is -0.140. The number of nitrogens with one attached hydrogen (secondary N) is 1.